The van der Waals surface area contributed by atoms with Crippen molar-refractivity contribution in [2.24, 2.45) is 7.05 Å². The maximum Gasteiger partial charge on any atom is 0.420 e. The van der Waals surface area contributed by atoms with Crippen LogP contribution in [-0.4, -0.2) is 70.7 Å². The van der Waals surface area contributed by atoms with E-state index in [1.54, 1.807) is 17.9 Å². The molecule has 1 fully saturated rings. The highest BCUT2D eigenvalue weighted by atomic mass is 35.5. The monoisotopic (exact) mass is 657 g/mol. The normalized spacial score (nSPS) is 17.3. The molecule has 4 aromatic rings. The lowest BCUT2D eigenvalue weighted by atomic mass is 9.90. The van der Waals surface area contributed by atoms with Gasteiger partial charge < -0.3 is 10.6 Å². The lowest BCUT2D eigenvalue weighted by Gasteiger charge is -2.36. The van der Waals surface area contributed by atoms with E-state index in [1.807, 2.05) is 12.2 Å². The highest BCUT2D eigenvalue weighted by molar-refractivity contribution is 6.32. The van der Waals surface area contributed by atoms with Gasteiger partial charge in [0, 0.05) is 42.8 Å². The molecule has 2 amide bonds. The molecule has 45 heavy (non-hydrogen) atoms. The Bertz CT molecular complexity index is 1650. The second-order valence-electron chi connectivity index (χ2n) is 10.4. The van der Waals surface area contributed by atoms with Crippen LogP contribution in [0, 0.1) is 6.92 Å². The van der Waals surface area contributed by atoms with Gasteiger partial charge in [-0.2, -0.15) is 36.5 Å². The summed E-state index contributed by atoms with van der Waals surface area (Å²) in [5.74, 6) is -0.0320. The van der Waals surface area contributed by atoms with Crippen LogP contribution in [0.15, 0.2) is 31.0 Å². The van der Waals surface area contributed by atoms with Gasteiger partial charge in [0.15, 0.2) is 5.82 Å². The summed E-state index contributed by atoms with van der Waals surface area (Å²) < 4.78 is 81.4. The van der Waals surface area contributed by atoms with Gasteiger partial charge in [-0.15, -0.1) is 0 Å². The molecule has 0 atom stereocenters. The number of urea groups is 1. The molecule has 1 aliphatic carbocycles. The molecule has 0 unspecified atom stereocenters. The molecule has 0 radical (unpaired) electrons. The smallest absolute Gasteiger partial charge is 0.351 e. The molecule has 12 nitrogen and oxygen atoms in total. The quantitative estimate of drug-likeness (QED) is 0.220. The molecular formula is C26H26ClF6N11O. The number of nitrogens with zero attached hydrogens (tertiary/aromatic N) is 8. The number of aryl methyl sites for hydroxylation is 1. The average Bonchev–Trinajstić information content (AvgIpc) is 3.56. The summed E-state index contributed by atoms with van der Waals surface area (Å²) in [4.78, 5) is 30.8. The van der Waals surface area contributed by atoms with Crippen molar-refractivity contribution in [1.82, 2.24) is 45.2 Å². The van der Waals surface area contributed by atoms with Crippen LogP contribution in [0.25, 0.3) is 22.6 Å². The van der Waals surface area contributed by atoms with Crippen molar-refractivity contribution in [1.29, 1.82) is 0 Å². The Hall–Kier alpha value is -4.48. The molecule has 1 saturated carbocycles. The SMILES string of the molecule is Cc1c(-c2cnc(N(C(=O)NCC(F)(F)F)C3CCC(Nc4ncc(C(F)(F)F)c(-c5n[nH]cc5Cl)n4)CC3)cn2)cnn1C. The minimum Gasteiger partial charge on any atom is -0.351 e. The Morgan fingerprint density at radius 1 is 1.04 bits per heavy atom. The predicted molar refractivity (Wildman–Crippen MR) is 150 cm³/mol. The molecule has 0 aromatic carbocycles. The van der Waals surface area contributed by atoms with E-state index >= 15 is 0 Å². The second-order valence-corrected chi connectivity index (χ2v) is 10.8. The molecule has 0 bridgehead atoms. The maximum absolute atomic E-state index is 13.6. The fourth-order valence-corrected chi connectivity index (χ4v) is 5.17. The molecule has 0 aliphatic heterocycles. The number of hydrogen-bond donors (Lipinski definition) is 3. The Morgan fingerprint density at radius 3 is 2.33 bits per heavy atom. The van der Waals surface area contributed by atoms with E-state index in [2.05, 4.69) is 40.5 Å². The van der Waals surface area contributed by atoms with Gasteiger partial charge >= 0.3 is 18.4 Å². The number of carbonyl (C=O) groups is 1. The van der Waals surface area contributed by atoms with Crippen molar-refractivity contribution in [2.75, 3.05) is 16.8 Å². The molecule has 1 aliphatic rings. The number of amides is 2. The number of rotatable bonds is 7. The van der Waals surface area contributed by atoms with E-state index in [0.29, 0.717) is 43.1 Å². The lowest BCUT2D eigenvalue weighted by Crippen LogP contribution is -2.50. The maximum atomic E-state index is 13.6. The van der Waals surface area contributed by atoms with Crippen molar-refractivity contribution in [3.8, 4) is 22.6 Å². The second kappa shape index (κ2) is 12.5. The van der Waals surface area contributed by atoms with Crippen molar-refractivity contribution >= 4 is 29.4 Å². The summed E-state index contributed by atoms with van der Waals surface area (Å²) in [6, 6.07) is -1.86. The predicted octanol–water partition coefficient (Wildman–Crippen LogP) is 5.54. The zero-order chi connectivity index (χ0) is 32.5. The largest absolute Gasteiger partial charge is 0.420 e. The molecule has 5 rings (SSSR count). The molecule has 0 spiro atoms. The van der Waals surface area contributed by atoms with Crippen LogP contribution in [-0.2, 0) is 13.2 Å². The number of halogens is 7. The Morgan fingerprint density at radius 2 is 1.78 bits per heavy atom. The van der Waals surface area contributed by atoms with Crippen LogP contribution in [0.1, 0.15) is 36.9 Å². The van der Waals surface area contributed by atoms with Gasteiger partial charge in [-0.25, -0.2) is 19.7 Å². The summed E-state index contributed by atoms with van der Waals surface area (Å²) in [7, 11) is 1.76. The van der Waals surface area contributed by atoms with Gasteiger partial charge in [0.2, 0.25) is 5.95 Å². The number of alkyl halides is 6. The number of aromatic amines is 1. The molecule has 4 heterocycles. The van der Waals surface area contributed by atoms with Crippen LogP contribution in [0.5, 0.6) is 0 Å². The summed E-state index contributed by atoms with van der Waals surface area (Å²) in [5, 5.41) is 15.2. The molecule has 0 saturated heterocycles. The zero-order valence-electron chi connectivity index (χ0n) is 23.7. The van der Waals surface area contributed by atoms with Crippen molar-refractivity contribution < 1.29 is 31.1 Å². The highest BCUT2D eigenvalue weighted by Gasteiger charge is 2.38. The molecule has 3 N–H and O–H groups in total. The molecular weight excluding hydrogens is 632 g/mol. The topological polar surface area (TPSA) is 142 Å². The Balaban J connectivity index is 1.33. The Labute approximate surface area is 256 Å². The standard InChI is InChI=1S/C26H26ClF6N11O/c1-13-16(7-39-43(13)2)19-10-35-20(11-34-19)44(24(45)37-12-25(28,29)30)15-5-3-14(4-6-15)40-23-36-8-17(26(31,32)33)21(41-23)22-18(27)9-38-42-22/h7-11,14-15H,3-6,12H2,1-2H3,(H,37,45)(H,38,42)(H,36,40,41). The van der Waals surface area contributed by atoms with Gasteiger partial charge in [0.1, 0.15) is 23.5 Å². The van der Waals surface area contributed by atoms with E-state index in [0.717, 1.165) is 10.6 Å². The van der Waals surface area contributed by atoms with Gasteiger partial charge in [0.25, 0.3) is 0 Å². The third kappa shape index (κ3) is 7.26. The first-order valence-corrected chi connectivity index (χ1v) is 13.9. The molecule has 19 heteroatoms. The fraction of sp³-hybridized carbons (Fsp3) is 0.423. The van der Waals surface area contributed by atoms with Crippen LogP contribution in [0.2, 0.25) is 5.02 Å². The van der Waals surface area contributed by atoms with E-state index < -0.39 is 42.2 Å². The summed E-state index contributed by atoms with van der Waals surface area (Å²) >= 11 is 6.00. The average molecular weight is 658 g/mol. The summed E-state index contributed by atoms with van der Waals surface area (Å²) in [6.07, 6.45) is -1.77. The summed E-state index contributed by atoms with van der Waals surface area (Å²) in [5.41, 5.74) is 0.191. The number of nitrogens with one attached hydrogen (secondary N) is 3. The minimum atomic E-state index is -4.76. The first-order valence-electron chi connectivity index (χ1n) is 13.6. The third-order valence-corrected chi connectivity index (χ3v) is 7.65. The van der Waals surface area contributed by atoms with Gasteiger partial charge in [0.05, 0.1) is 29.3 Å². The first-order chi connectivity index (χ1) is 21.2. The van der Waals surface area contributed by atoms with E-state index in [9.17, 15) is 31.1 Å². The van der Waals surface area contributed by atoms with Crippen molar-refractivity contribution in [2.45, 2.75) is 57.0 Å². The number of anilines is 2. The van der Waals surface area contributed by atoms with Crippen molar-refractivity contribution in [3.05, 3.63) is 47.3 Å². The fourth-order valence-electron chi connectivity index (χ4n) is 4.99. The first kappa shape index (κ1) is 31.9. The number of aromatic nitrogens is 8. The third-order valence-electron chi connectivity index (χ3n) is 7.36. The number of carbonyl (C=O) groups excluding carboxylic acids is 1. The summed E-state index contributed by atoms with van der Waals surface area (Å²) in [6.45, 7) is 0.303. The van der Waals surface area contributed by atoms with E-state index in [4.69, 9.17) is 11.6 Å². The lowest BCUT2D eigenvalue weighted by molar-refractivity contribution is -0.137. The Kier molecular flexibility index (Phi) is 8.86. The van der Waals surface area contributed by atoms with Crippen LogP contribution >= 0.6 is 11.6 Å². The van der Waals surface area contributed by atoms with E-state index in [1.165, 1.54) is 18.6 Å². The van der Waals surface area contributed by atoms with Gasteiger partial charge in [-0.3, -0.25) is 19.7 Å². The number of hydrogen-bond acceptors (Lipinski definition) is 8. The molecule has 4 aromatic heterocycles. The van der Waals surface area contributed by atoms with Crippen LogP contribution < -0.4 is 15.5 Å². The highest BCUT2D eigenvalue weighted by Crippen LogP contribution is 2.38. The van der Waals surface area contributed by atoms with Gasteiger partial charge in [-0.1, -0.05) is 11.6 Å². The van der Waals surface area contributed by atoms with Crippen molar-refractivity contribution in [3.63, 3.8) is 0 Å². The van der Waals surface area contributed by atoms with Gasteiger partial charge in [-0.05, 0) is 32.6 Å². The van der Waals surface area contributed by atoms with Crippen LogP contribution in [0.3, 0.4) is 0 Å². The van der Waals surface area contributed by atoms with E-state index in [-0.39, 0.29) is 28.5 Å². The number of H-pyrrole nitrogens is 1. The van der Waals surface area contributed by atoms with Crippen LogP contribution in [0.4, 0.5) is 42.9 Å². The zero-order valence-corrected chi connectivity index (χ0v) is 24.5. The minimum absolute atomic E-state index is 0.0544. The molecule has 240 valence electrons.